The maximum absolute atomic E-state index is 11.4. The number of nitrogens with zero attached hydrogens (tertiary/aromatic N) is 1. The van der Waals surface area contributed by atoms with Crippen LogP contribution in [0.15, 0.2) is 36.5 Å². The van der Waals surface area contributed by atoms with Crippen molar-refractivity contribution in [1.82, 2.24) is 4.98 Å². The van der Waals surface area contributed by atoms with Crippen LogP contribution in [0.1, 0.15) is 65.4 Å². The third kappa shape index (κ3) is 3.31. The minimum atomic E-state index is 0.0996. The molecule has 1 aromatic heterocycles. The Kier molecular flexibility index (Phi) is 4.79. The Balaban J connectivity index is 1.60. The third-order valence-corrected chi connectivity index (χ3v) is 5.33. The monoisotopic (exact) mass is 337 g/mol. The summed E-state index contributed by atoms with van der Waals surface area (Å²) in [6.45, 7) is 0.928. The van der Waals surface area contributed by atoms with Gasteiger partial charge in [-0.25, -0.2) is 4.98 Å². The molecule has 25 heavy (non-hydrogen) atoms. The van der Waals surface area contributed by atoms with E-state index in [1.54, 1.807) is 0 Å². The lowest BCUT2D eigenvalue weighted by molar-refractivity contribution is 0.0101. The fraction of sp³-hybridized carbons (Fsp3) is 0.429. The molecule has 0 spiro atoms. The zero-order valence-corrected chi connectivity index (χ0v) is 14.3. The van der Waals surface area contributed by atoms with Crippen molar-refractivity contribution < 1.29 is 14.3 Å². The van der Waals surface area contributed by atoms with E-state index in [1.165, 1.54) is 32.1 Å². The van der Waals surface area contributed by atoms with Gasteiger partial charge in [-0.3, -0.25) is 4.79 Å². The summed E-state index contributed by atoms with van der Waals surface area (Å²) in [5, 5.41) is 0. The zero-order chi connectivity index (χ0) is 17.1. The zero-order valence-electron chi connectivity index (χ0n) is 14.3. The maximum atomic E-state index is 11.4. The van der Waals surface area contributed by atoms with Crippen molar-refractivity contribution in [2.75, 3.05) is 0 Å². The molecule has 1 saturated carbocycles. The van der Waals surface area contributed by atoms with E-state index in [2.05, 4.69) is 4.98 Å². The lowest BCUT2D eigenvalue weighted by Crippen LogP contribution is -2.16. The smallest absolute Gasteiger partial charge is 0.172 e. The third-order valence-electron chi connectivity index (χ3n) is 5.33. The van der Waals surface area contributed by atoms with Crippen LogP contribution in [-0.4, -0.2) is 11.3 Å². The molecule has 2 heterocycles. The summed E-state index contributed by atoms with van der Waals surface area (Å²) in [4.78, 5) is 15.8. The second kappa shape index (κ2) is 7.36. The molecule has 0 saturated heterocycles. The number of aromatic nitrogens is 1. The minimum Gasteiger partial charge on any atom is -0.486 e. The van der Waals surface area contributed by atoms with Gasteiger partial charge in [-0.1, -0.05) is 49.6 Å². The predicted octanol–water partition coefficient (Wildman–Crippen LogP) is 4.62. The first kappa shape index (κ1) is 16.3. The molecule has 2 aromatic rings. The number of ether oxygens (including phenoxy) is 2. The summed E-state index contributed by atoms with van der Waals surface area (Å²) in [6, 6.07) is 9.96. The molecule has 1 unspecified atom stereocenters. The van der Waals surface area contributed by atoms with Gasteiger partial charge >= 0.3 is 0 Å². The first-order valence-electron chi connectivity index (χ1n) is 9.12. The van der Waals surface area contributed by atoms with Crippen molar-refractivity contribution in [1.29, 1.82) is 0 Å². The maximum Gasteiger partial charge on any atom is 0.172 e. The number of carbonyl (C=O) groups is 1. The average Bonchev–Trinajstić information content (AvgIpc) is 3.12. The van der Waals surface area contributed by atoms with E-state index in [1.807, 2.05) is 36.5 Å². The number of benzene rings is 1. The first-order chi connectivity index (χ1) is 12.4. The highest BCUT2D eigenvalue weighted by molar-refractivity contribution is 5.77. The van der Waals surface area contributed by atoms with Gasteiger partial charge in [0.05, 0.1) is 12.7 Å². The molecular weight excluding hydrogens is 314 g/mol. The highest BCUT2D eigenvalue weighted by atomic mass is 16.5. The average molecular weight is 337 g/mol. The van der Waals surface area contributed by atoms with Gasteiger partial charge in [-0.2, -0.15) is 0 Å². The summed E-state index contributed by atoms with van der Waals surface area (Å²) in [6.07, 6.45) is 8.98. The van der Waals surface area contributed by atoms with Crippen molar-refractivity contribution in [3.8, 4) is 5.75 Å². The van der Waals surface area contributed by atoms with Crippen LogP contribution in [0, 0.1) is 5.92 Å². The number of aldehydes is 1. The molecule has 0 bridgehead atoms. The lowest BCUT2D eigenvalue weighted by Gasteiger charge is -2.27. The second-order valence-corrected chi connectivity index (χ2v) is 6.93. The Hall–Kier alpha value is -2.20. The molecule has 1 fully saturated rings. The molecule has 0 amide bonds. The minimum absolute atomic E-state index is 0.0996. The van der Waals surface area contributed by atoms with Crippen LogP contribution in [0.25, 0.3) is 0 Å². The van der Waals surface area contributed by atoms with Crippen molar-refractivity contribution in [2.45, 2.75) is 51.4 Å². The number of rotatable bonds is 5. The van der Waals surface area contributed by atoms with E-state index in [0.29, 0.717) is 30.6 Å². The molecule has 1 atom stereocenters. The van der Waals surface area contributed by atoms with Crippen molar-refractivity contribution in [3.63, 3.8) is 0 Å². The summed E-state index contributed by atoms with van der Waals surface area (Å²) in [5.74, 6) is 1.15. The summed E-state index contributed by atoms with van der Waals surface area (Å²) < 4.78 is 12.1. The fourth-order valence-electron chi connectivity index (χ4n) is 4.02. The summed E-state index contributed by atoms with van der Waals surface area (Å²) in [7, 11) is 0. The Morgan fingerprint density at radius 1 is 1.16 bits per heavy atom. The van der Waals surface area contributed by atoms with E-state index in [9.17, 15) is 4.79 Å². The lowest BCUT2D eigenvalue weighted by atomic mass is 9.83. The van der Waals surface area contributed by atoms with Crippen LogP contribution in [0.5, 0.6) is 5.75 Å². The quantitative estimate of drug-likeness (QED) is 0.747. The number of pyridine rings is 1. The summed E-state index contributed by atoms with van der Waals surface area (Å²) >= 11 is 0. The Morgan fingerprint density at radius 3 is 2.72 bits per heavy atom. The van der Waals surface area contributed by atoms with E-state index in [-0.39, 0.29) is 6.10 Å². The molecule has 4 rings (SSSR count). The molecule has 1 aromatic carbocycles. The highest BCUT2D eigenvalue weighted by Gasteiger charge is 2.34. The van der Waals surface area contributed by atoms with Gasteiger partial charge in [-0.15, -0.1) is 0 Å². The van der Waals surface area contributed by atoms with Crippen molar-refractivity contribution >= 4 is 6.29 Å². The molecule has 2 aliphatic rings. The van der Waals surface area contributed by atoms with Crippen molar-refractivity contribution in [2.24, 2.45) is 5.92 Å². The van der Waals surface area contributed by atoms with Gasteiger partial charge in [0.15, 0.2) is 12.0 Å². The van der Waals surface area contributed by atoms with E-state index >= 15 is 0 Å². The van der Waals surface area contributed by atoms with Gasteiger partial charge in [0, 0.05) is 17.3 Å². The molecule has 1 aliphatic heterocycles. The van der Waals surface area contributed by atoms with Gasteiger partial charge in [0.25, 0.3) is 0 Å². The standard InChI is InChI=1S/C21H23NO3/c23-12-19-21(24-13-15-7-3-1-4-8-15)18-14-25-20(17(18)11-22-19)16-9-5-2-6-10-16/h1,3-4,7-8,11-12,16,20H,2,5-6,9-10,13-14H2. The van der Waals surface area contributed by atoms with E-state index < -0.39 is 0 Å². The molecule has 4 heteroatoms. The SMILES string of the molecule is O=Cc1ncc2c(c1OCc1ccccc1)COC2C1CCCCC1. The number of hydrogen-bond donors (Lipinski definition) is 0. The van der Waals surface area contributed by atoms with Gasteiger partial charge in [-0.05, 0) is 24.3 Å². The molecular formula is C21H23NO3. The van der Waals surface area contributed by atoms with E-state index in [0.717, 1.165) is 23.0 Å². The van der Waals surface area contributed by atoms with Crippen LogP contribution in [0.3, 0.4) is 0 Å². The Labute approximate surface area is 148 Å². The largest absolute Gasteiger partial charge is 0.486 e. The van der Waals surface area contributed by atoms with Crippen LogP contribution < -0.4 is 4.74 Å². The van der Waals surface area contributed by atoms with Crippen LogP contribution in [0.2, 0.25) is 0 Å². The van der Waals surface area contributed by atoms with E-state index in [4.69, 9.17) is 9.47 Å². The van der Waals surface area contributed by atoms with Crippen LogP contribution in [-0.2, 0) is 18.0 Å². The Bertz CT molecular complexity index is 738. The fourth-order valence-corrected chi connectivity index (χ4v) is 4.02. The number of carbonyl (C=O) groups excluding carboxylic acids is 1. The van der Waals surface area contributed by atoms with Crippen LogP contribution in [0.4, 0.5) is 0 Å². The Morgan fingerprint density at radius 2 is 1.96 bits per heavy atom. The normalized spacial score (nSPS) is 20.2. The molecule has 0 radical (unpaired) electrons. The van der Waals surface area contributed by atoms with Crippen molar-refractivity contribution in [3.05, 3.63) is 58.9 Å². The molecule has 1 aliphatic carbocycles. The molecule has 4 nitrogen and oxygen atoms in total. The first-order valence-corrected chi connectivity index (χ1v) is 9.12. The number of fused-ring (bicyclic) bond motifs is 1. The van der Waals surface area contributed by atoms with Gasteiger partial charge in [0.1, 0.15) is 12.3 Å². The predicted molar refractivity (Wildman–Crippen MR) is 94.5 cm³/mol. The molecule has 0 N–H and O–H groups in total. The summed E-state index contributed by atoms with van der Waals surface area (Å²) in [5.41, 5.74) is 3.55. The van der Waals surface area contributed by atoms with Gasteiger partial charge in [0.2, 0.25) is 0 Å². The molecule has 130 valence electrons. The highest BCUT2D eigenvalue weighted by Crippen LogP contribution is 2.45. The second-order valence-electron chi connectivity index (χ2n) is 6.93. The number of hydrogen-bond acceptors (Lipinski definition) is 4. The van der Waals surface area contributed by atoms with Gasteiger partial charge < -0.3 is 9.47 Å². The topological polar surface area (TPSA) is 48.4 Å². The van der Waals surface area contributed by atoms with Crippen LogP contribution >= 0.6 is 0 Å².